The van der Waals surface area contributed by atoms with E-state index in [4.69, 9.17) is 11.6 Å². The van der Waals surface area contributed by atoms with Crippen molar-refractivity contribution in [2.45, 2.75) is 20.3 Å². The molecule has 3 heteroatoms. The first kappa shape index (κ1) is 13.8. The number of aryl methyl sites for hydroxylation is 2. The third-order valence-electron chi connectivity index (χ3n) is 3.09. The average Bonchev–Trinajstić information content (AvgIpc) is 2.33. The van der Waals surface area contributed by atoms with Gasteiger partial charge in [-0.05, 0) is 43.2 Å². The molecule has 0 spiro atoms. The predicted octanol–water partition coefficient (Wildman–Crippen LogP) is 4.52. The minimum Gasteiger partial charge on any atom is -0.294 e. The zero-order chi connectivity index (χ0) is 14.0. The van der Waals surface area contributed by atoms with Gasteiger partial charge >= 0.3 is 0 Å². The van der Waals surface area contributed by atoms with Crippen LogP contribution in [0.1, 0.15) is 27.0 Å². The molecule has 0 amide bonds. The van der Waals surface area contributed by atoms with Crippen LogP contribution in [0.4, 0.5) is 4.39 Å². The zero-order valence-corrected chi connectivity index (χ0v) is 11.6. The van der Waals surface area contributed by atoms with Crippen molar-refractivity contribution in [2.75, 3.05) is 0 Å². The monoisotopic (exact) mass is 276 g/mol. The number of hydrogen-bond acceptors (Lipinski definition) is 1. The second-order valence-electron chi connectivity index (χ2n) is 4.65. The molecule has 0 aromatic heterocycles. The van der Waals surface area contributed by atoms with Crippen molar-refractivity contribution in [1.29, 1.82) is 0 Å². The van der Waals surface area contributed by atoms with Crippen molar-refractivity contribution in [3.8, 4) is 0 Å². The molecule has 0 N–H and O–H groups in total. The smallest absolute Gasteiger partial charge is 0.168 e. The second-order valence-corrected chi connectivity index (χ2v) is 5.06. The lowest BCUT2D eigenvalue weighted by atomic mass is 9.98. The fourth-order valence-corrected chi connectivity index (χ4v) is 2.25. The summed E-state index contributed by atoms with van der Waals surface area (Å²) >= 11 is 5.90. The van der Waals surface area contributed by atoms with Gasteiger partial charge in [-0.2, -0.15) is 0 Å². The van der Waals surface area contributed by atoms with Gasteiger partial charge in [0.15, 0.2) is 5.78 Å². The van der Waals surface area contributed by atoms with E-state index in [0.29, 0.717) is 5.56 Å². The van der Waals surface area contributed by atoms with Gasteiger partial charge in [-0.15, -0.1) is 0 Å². The molecule has 0 radical (unpaired) electrons. The van der Waals surface area contributed by atoms with Crippen molar-refractivity contribution < 1.29 is 9.18 Å². The molecule has 2 rings (SSSR count). The summed E-state index contributed by atoms with van der Waals surface area (Å²) in [5, 5.41) is 0.162. The summed E-state index contributed by atoms with van der Waals surface area (Å²) in [7, 11) is 0. The first-order valence-electron chi connectivity index (χ1n) is 6.02. The molecule has 98 valence electrons. The lowest BCUT2D eigenvalue weighted by Gasteiger charge is -2.08. The van der Waals surface area contributed by atoms with Gasteiger partial charge in [0.2, 0.25) is 0 Å². The highest BCUT2D eigenvalue weighted by Crippen LogP contribution is 2.20. The Morgan fingerprint density at radius 3 is 2.58 bits per heavy atom. The van der Waals surface area contributed by atoms with Crippen molar-refractivity contribution in [2.24, 2.45) is 0 Å². The van der Waals surface area contributed by atoms with Crippen LogP contribution in [0.15, 0.2) is 36.4 Å². The Bertz CT molecular complexity index is 635. The summed E-state index contributed by atoms with van der Waals surface area (Å²) in [6.07, 6.45) is 0.277. The molecule has 0 bridgehead atoms. The molecule has 0 saturated carbocycles. The van der Waals surface area contributed by atoms with E-state index in [1.807, 2.05) is 32.0 Å². The molecule has 19 heavy (non-hydrogen) atoms. The van der Waals surface area contributed by atoms with Gasteiger partial charge in [-0.3, -0.25) is 4.79 Å². The Balaban J connectivity index is 2.28. The summed E-state index contributed by atoms with van der Waals surface area (Å²) in [4.78, 5) is 12.2. The summed E-state index contributed by atoms with van der Waals surface area (Å²) in [5.41, 5.74) is 3.52. The first-order chi connectivity index (χ1) is 8.97. The van der Waals surface area contributed by atoms with E-state index in [0.717, 1.165) is 22.8 Å². The molecule has 1 nitrogen and oxygen atoms in total. The van der Waals surface area contributed by atoms with Crippen molar-refractivity contribution in [1.82, 2.24) is 0 Å². The van der Waals surface area contributed by atoms with Crippen LogP contribution >= 0.6 is 11.6 Å². The number of halogens is 2. The minimum absolute atomic E-state index is 0.0984. The summed E-state index contributed by atoms with van der Waals surface area (Å²) in [6.45, 7) is 3.95. The van der Waals surface area contributed by atoms with E-state index in [9.17, 15) is 9.18 Å². The lowest BCUT2D eigenvalue weighted by Crippen LogP contribution is -2.06. The molecule has 0 saturated heterocycles. The molecule has 0 atom stereocenters. The Morgan fingerprint density at radius 2 is 1.89 bits per heavy atom. The first-order valence-corrected chi connectivity index (χ1v) is 6.39. The zero-order valence-electron chi connectivity index (χ0n) is 10.8. The highest BCUT2D eigenvalue weighted by Gasteiger charge is 2.13. The summed E-state index contributed by atoms with van der Waals surface area (Å²) in [5.74, 6) is -0.535. The SMILES string of the molecule is Cc1ccc(C)c(CC(=O)c2ccc(F)cc2Cl)c1. The maximum Gasteiger partial charge on any atom is 0.168 e. The van der Waals surface area contributed by atoms with E-state index in [1.165, 1.54) is 12.1 Å². The molecule has 0 heterocycles. The van der Waals surface area contributed by atoms with Gasteiger partial charge in [0.1, 0.15) is 5.82 Å². The van der Waals surface area contributed by atoms with Crippen LogP contribution in [-0.2, 0) is 6.42 Å². The molecular formula is C16H14ClFO. The molecule has 0 fully saturated rings. The molecule has 0 aliphatic heterocycles. The fraction of sp³-hybridized carbons (Fsp3) is 0.188. The highest BCUT2D eigenvalue weighted by molar-refractivity contribution is 6.34. The number of hydrogen-bond donors (Lipinski definition) is 0. The van der Waals surface area contributed by atoms with Gasteiger partial charge < -0.3 is 0 Å². The number of rotatable bonds is 3. The van der Waals surface area contributed by atoms with E-state index in [1.54, 1.807) is 0 Å². The molecule has 0 unspecified atom stereocenters. The largest absolute Gasteiger partial charge is 0.294 e. The Kier molecular flexibility index (Phi) is 4.01. The summed E-state index contributed by atoms with van der Waals surface area (Å²) in [6, 6.07) is 9.84. The van der Waals surface area contributed by atoms with Gasteiger partial charge in [-0.1, -0.05) is 35.4 Å². The maximum atomic E-state index is 13.0. The maximum absolute atomic E-state index is 13.0. The third-order valence-corrected chi connectivity index (χ3v) is 3.40. The highest BCUT2D eigenvalue weighted by atomic mass is 35.5. The van der Waals surface area contributed by atoms with Crippen LogP contribution < -0.4 is 0 Å². The van der Waals surface area contributed by atoms with Gasteiger partial charge in [0.25, 0.3) is 0 Å². The number of Topliss-reactive ketones (excluding diaryl/α,β-unsaturated/α-hetero) is 1. The second kappa shape index (κ2) is 5.54. The van der Waals surface area contributed by atoms with Crippen LogP contribution in [0.3, 0.4) is 0 Å². The van der Waals surface area contributed by atoms with Crippen molar-refractivity contribution in [3.05, 3.63) is 69.5 Å². The van der Waals surface area contributed by atoms with E-state index in [-0.39, 0.29) is 17.2 Å². The van der Waals surface area contributed by atoms with Crippen LogP contribution in [0.25, 0.3) is 0 Å². The van der Waals surface area contributed by atoms with E-state index in [2.05, 4.69) is 0 Å². The van der Waals surface area contributed by atoms with Gasteiger partial charge in [-0.25, -0.2) is 4.39 Å². The van der Waals surface area contributed by atoms with Gasteiger partial charge in [0, 0.05) is 12.0 Å². The van der Waals surface area contributed by atoms with Gasteiger partial charge in [0.05, 0.1) is 5.02 Å². The van der Waals surface area contributed by atoms with Crippen molar-refractivity contribution >= 4 is 17.4 Å². The Labute approximate surface area is 117 Å². The third kappa shape index (κ3) is 3.21. The standard InChI is InChI=1S/C16H14ClFO/c1-10-3-4-11(2)12(7-10)8-16(19)14-6-5-13(18)9-15(14)17/h3-7,9H,8H2,1-2H3. The molecular weight excluding hydrogens is 263 g/mol. The van der Waals surface area contributed by atoms with Crippen molar-refractivity contribution in [3.63, 3.8) is 0 Å². The minimum atomic E-state index is -0.437. The Morgan fingerprint density at radius 1 is 1.16 bits per heavy atom. The predicted molar refractivity (Wildman–Crippen MR) is 75.4 cm³/mol. The molecule has 2 aromatic carbocycles. The van der Waals surface area contributed by atoms with E-state index >= 15 is 0 Å². The van der Waals surface area contributed by atoms with Crippen LogP contribution in [-0.4, -0.2) is 5.78 Å². The lowest BCUT2D eigenvalue weighted by molar-refractivity contribution is 0.0993. The molecule has 0 aliphatic carbocycles. The number of carbonyl (C=O) groups is 1. The van der Waals surface area contributed by atoms with E-state index < -0.39 is 5.82 Å². The number of ketones is 1. The van der Waals surface area contributed by atoms with Crippen LogP contribution in [0.2, 0.25) is 5.02 Å². The average molecular weight is 277 g/mol. The normalized spacial score (nSPS) is 10.5. The van der Waals surface area contributed by atoms with Crippen LogP contribution in [0, 0.1) is 19.7 Å². The quantitative estimate of drug-likeness (QED) is 0.753. The number of carbonyl (C=O) groups excluding carboxylic acids is 1. The van der Waals surface area contributed by atoms with Crippen LogP contribution in [0.5, 0.6) is 0 Å². The fourth-order valence-electron chi connectivity index (χ4n) is 1.97. The number of benzene rings is 2. The topological polar surface area (TPSA) is 17.1 Å². The molecule has 0 aliphatic rings. The summed E-state index contributed by atoms with van der Waals surface area (Å²) < 4.78 is 13.0. The molecule has 2 aromatic rings. The Hall–Kier alpha value is -1.67.